The summed E-state index contributed by atoms with van der Waals surface area (Å²) in [4.78, 5) is 2.32. The summed E-state index contributed by atoms with van der Waals surface area (Å²) in [5.74, 6) is 0. The van der Waals surface area contributed by atoms with Crippen molar-refractivity contribution in [1.29, 1.82) is 0 Å². The van der Waals surface area contributed by atoms with Gasteiger partial charge in [0.2, 0.25) is 0 Å². The van der Waals surface area contributed by atoms with Crippen molar-refractivity contribution < 1.29 is 4.74 Å². The molecule has 2 N–H and O–H groups in total. The number of nitrogens with two attached hydrogens (primary N) is 1. The third-order valence-electron chi connectivity index (χ3n) is 3.37. The van der Waals surface area contributed by atoms with Gasteiger partial charge in [-0.2, -0.15) is 0 Å². The molecule has 94 valence electrons. The summed E-state index contributed by atoms with van der Waals surface area (Å²) < 4.78 is 6.90. The normalized spacial score (nSPS) is 26.1. The van der Waals surface area contributed by atoms with Crippen LogP contribution < -0.4 is 5.73 Å². The maximum absolute atomic E-state index is 5.80. The standard InChI is InChI=1S/C13H19BrN2O/c1-9-3-4-10(7-11(9)14)13-12(8-15)17-6-5-16(13)2/h3-4,7,12-13H,5-6,8,15H2,1-2H3. The van der Waals surface area contributed by atoms with Crippen LogP contribution >= 0.6 is 15.9 Å². The molecule has 1 aliphatic rings. The molecule has 2 atom stereocenters. The van der Waals surface area contributed by atoms with Gasteiger partial charge in [-0.25, -0.2) is 0 Å². The summed E-state index contributed by atoms with van der Waals surface area (Å²) in [6.07, 6.45) is 0.0864. The molecule has 0 aliphatic carbocycles. The third kappa shape index (κ3) is 2.71. The number of morpholine rings is 1. The molecule has 1 fully saturated rings. The minimum Gasteiger partial charge on any atom is -0.374 e. The number of halogens is 1. The van der Waals surface area contributed by atoms with E-state index in [2.05, 4.69) is 53.0 Å². The largest absolute Gasteiger partial charge is 0.374 e. The van der Waals surface area contributed by atoms with E-state index >= 15 is 0 Å². The lowest BCUT2D eigenvalue weighted by Crippen LogP contribution is -2.46. The van der Waals surface area contributed by atoms with E-state index in [1.807, 2.05) is 0 Å². The van der Waals surface area contributed by atoms with Crippen molar-refractivity contribution in [3.05, 3.63) is 33.8 Å². The van der Waals surface area contributed by atoms with Crippen LogP contribution in [0.25, 0.3) is 0 Å². The van der Waals surface area contributed by atoms with Gasteiger partial charge < -0.3 is 10.5 Å². The maximum atomic E-state index is 5.80. The SMILES string of the molecule is Cc1ccc(C2C(CN)OCCN2C)cc1Br. The van der Waals surface area contributed by atoms with Crippen molar-refractivity contribution in [2.75, 3.05) is 26.7 Å². The minimum atomic E-state index is 0.0864. The van der Waals surface area contributed by atoms with Crippen molar-refractivity contribution >= 4 is 15.9 Å². The number of ether oxygens (including phenoxy) is 1. The first kappa shape index (κ1) is 13.0. The molecule has 2 rings (SSSR count). The van der Waals surface area contributed by atoms with Crippen molar-refractivity contribution in [2.45, 2.75) is 19.1 Å². The lowest BCUT2D eigenvalue weighted by atomic mass is 9.97. The predicted molar refractivity (Wildman–Crippen MR) is 73.0 cm³/mol. The Balaban J connectivity index is 2.31. The molecule has 0 radical (unpaired) electrons. The van der Waals surface area contributed by atoms with Gasteiger partial charge in [0.25, 0.3) is 0 Å². The van der Waals surface area contributed by atoms with Gasteiger partial charge in [0.1, 0.15) is 0 Å². The summed E-state index contributed by atoms with van der Waals surface area (Å²) >= 11 is 3.58. The van der Waals surface area contributed by atoms with Crippen molar-refractivity contribution in [1.82, 2.24) is 4.90 Å². The first-order valence-electron chi connectivity index (χ1n) is 5.91. The Morgan fingerprint density at radius 1 is 1.53 bits per heavy atom. The fourth-order valence-electron chi connectivity index (χ4n) is 2.32. The molecular weight excluding hydrogens is 280 g/mol. The van der Waals surface area contributed by atoms with Gasteiger partial charge in [-0.15, -0.1) is 0 Å². The van der Waals surface area contributed by atoms with Gasteiger partial charge in [0, 0.05) is 17.6 Å². The fourth-order valence-corrected chi connectivity index (χ4v) is 2.72. The number of benzene rings is 1. The second-order valence-corrected chi connectivity index (χ2v) is 5.43. The van der Waals surface area contributed by atoms with E-state index in [-0.39, 0.29) is 12.1 Å². The van der Waals surface area contributed by atoms with Crippen LogP contribution in [0.4, 0.5) is 0 Å². The van der Waals surface area contributed by atoms with Gasteiger partial charge in [-0.1, -0.05) is 28.1 Å². The molecule has 4 heteroatoms. The van der Waals surface area contributed by atoms with E-state index in [0.29, 0.717) is 6.54 Å². The molecule has 0 saturated carbocycles. The fraction of sp³-hybridized carbons (Fsp3) is 0.538. The quantitative estimate of drug-likeness (QED) is 0.909. The summed E-state index contributed by atoms with van der Waals surface area (Å²) in [5, 5.41) is 0. The van der Waals surface area contributed by atoms with E-state index in [4.69, 9.17) is 10.5 Å². The zero-order chi connectivity index (χ0) is 12.4. The Bertz CT molecular complexity index is 397. The highest BCUT2D eigenvalue weighted by molar-refractivity contribution is 9.10. The molecule has 0 bridgehead atoms. The molecular formula is C13H19BrN2O. The highest BCUT2D eigenvalue weighted by atomic mass is 79.9. The van der Waals surface area contributed by atoms with E-state index in [1.165, 1.54) is 11.1 Å². The second kappa shape index (κ2) is 5.48. The van der Waals surface area contributed by atoms with Crippen molar-refractivity contribution in [2.24, 2.45) is 5.73 Å². The Morgan fingerprint density at radius 3 is 2.94 bits per heavy atom. The Kier molecular flexibility index (Phi) is 4.20. The summed E-state index contributed by atoms with van der Waals surface area (Å²) in [7, 11) is 2.13. The zero-order valence-corrected chi connectivity index (χ0v) is 11.9. The number of nitrogens with zero attached hydrogens (tertiary/aromatic N) is 1. The predicted octanol–water partition coefficient (Wildman–Crippen LogP) is 2.09. The van der Waals surface area contributed by atoms with Gasteiger partial charge in [0.15, 0.2) is 0 Å². The lowest BCUT2D eigenvalue weighted by Gasteiger charge is -2.39. The van der Waals surface area contributed by atoms with Crippen LogP contribution in [0.1, 0.15) is 17.2 Å². The first-order chi connectivity index (χ1) is 8.13. The van der Waals surface area contributed by atoms with E-state index < -0.39 is 0 Å². The first-order valence-corrected chi connectivity index (χ1v) is 6.70. The molecule has 1 aliphatic heterocycles. The van der Waals surface area contributed by atoms with Crippen LogP contribution in [-0.4, -0.2) is 37.7 Å². The van der Waals surface area contributed by atoms with Crippen LogP contribution in [-0.2, 0) is 4.74 Å². The van der Waals surface area contributed by atoms with Gasteiger partial charge in [0.05, 0.1) is 18.8 Å². The van der Waals surface area contributed by atoms with Crippen molar-refractivity contribution in [3.63, 3.8) is 0 Å². The number of rotatable bonds is 2. The van der Waals surface area contributed by atoms with Crippen molar-refractivity contribution in [3.8, 4) is 0 Å². The van der Waals surface area contributed by atoms with E-state index in [0.717, 1.165) is 17.6 Å². The lowest BCUT2D eigenvalue weighted by molar-refractivity contribution is -0.0576. The Hall–Kier alpha value is -0.420. The summed E-state index contributed by atoms with van der Waals surface area (Å²) in [5.41, 5.74) is 8.31. The van der Waals surface area contributed by atoms with Crippen LogP contribution in [0.3, 0.4) is 0 Å². The average molecular weight is 299 g/mol. The molecule has 3 nitrogen and oxygen atoms in total. The highest BCUT2D eigenvalue weighted by Crippen LogP contribution is 2.30. The van der Waals surface area contributed by atoms with Gasteiger partial charge in [-0.3, -0.25) is 4.90 Å². The average Bonchev–Trinajstić information content (AvgIpc) is 2.32. The number of likely N-dealkylation sites (N-methyl/N-ethyl adjacent to an activating group) is 1. The zero-order valence-electron chi connectivity index (χ0n) is 10.3. The molecule has 2 unspecified atom stereocenters. The van der Waals surface area contributed by atoms with Crippen LogP contribution in [0.2, 0.25) is 0 Å². The Morgan fingerprint density at radius 2 is 2.29 bits per heavy atom. The minimum absolute atomic E-state index is 0.0864. The Labute approximate surface area is 111 Å². The van der Waals surface area contributed by atoms with Gasteiger partial charge in [-0.05, 0) is 31.2 Å². The summed E-state index contributed by atoms with van der Waals surface area (Å²) in [6.45, 7) is 4.37. The molecule has 1 saturated heterocycles. The molecule has 1 aromatic carbocycles. The maximum Gasteiger partial charge on any atom is 0.0894 e. The van der Waals surface area contributed by atoms with Crippen LogP contribution in [0.5, 0.6) is 0 Å². The smallest absolute Gasteiger partial charge is 0.0894 e. The van der Waals surface area contributed by atoms with Crippen LogP contribution in [0.15, 0.2) is 22.7 Å². The highest BCUT2D eigenvalue weighted by Gasteiger charge is 2.30. The molecule has 1 aromatic rings. The molecule has 0 aromatic heterocycles. The topological polar surface area (TPSA) is 38.5 Å². The van der Waals surface area contributed by atoms with Crippen LogP contribution in [0, 0.1) is 6.92 Å². The molecule has 0 spiro atoms. The number of hydrogen-bond donors (Lipinski definition) is 1. The number of hydrogen-bond acceptors (Lipinski definition) is 3. The van der Waals surface area contributed by atoms with E-state index in [1.54, 1.807) is 0 Å². The third-order valence-corrected chi connectivity index (χ3v) is 4.23. The monoisotopic (exact) mass is 298 g/mol. The summed E-state index contributed by atoms with van der Waals surface area (Å²) in [6, 6.07) is 6.73. The van der Waals surface area contributed by atoms with Gasteiger partial charge >= 0.3 is 0 Å². The second-order valence-electron chi connectivity index (χ2n) is 4.58. The molecule has 17 heavy (non-hydrogen) atoms. The molecule has 1 heterocycles. The number of aryl methyl sites for hydroxylation is 1. The molecule has 0 amide bonds. The van der Waals surface area contributed by atoms with E-state index in [9.17, 15) is 0 Å².